The summed E-state index contributed by atoms with van der Waals surface area (Å²) in [5, 5.41) is 10.4. The van der Waals surface area contributed by atoms with Crippen LogP contribution in [-0.4, -0.2) is 26.0 Å². The molecule has 0 amide bonds. The molecule has 0 unspecified atom stereocenters. The summed E-state index contributed by atoms with van der Waals surface area (Å²) in [5.74, 6) is -0.786. The first-order valence-corrected chi connectivity index (χ1v) is 6.57. The first-order chi connectivity index (χ1) is 9.06. The van der Waals surface area contributed by atoms with E-state index in [2.05, 4.69) is 15.0 Å². The summed E-state index contributed by atoms with van der Waals surface area (Å²) in [6, 6.07) is 3.15. The number of carboxylic acid groups (broad SMARTS) is 1. The number of hydrogen-bond donors (Lipinski definition) is 1. The van der Waals surface area contributed by atoms with Gasteiger partial charge in [0.25, 0.3) is 0 Å². The lowest BCUT2D eigenvalue weighted by atomic mass is 10.1. The molecule has 5 nitrogen and oxygen atoms in total. The number of rotatable bonds is 4. The Balaban J connectivity index is 2.36. The van der Waals surface area contributed by atoms with E-state index in [9.17, 15) is 4.79 Å². The van der Waals surface area contributed by atoms with Crippen molar-refractivity contribution in [2.24, 2.45) is 0 Å². The van der Waals surface area contributed by atoms with Gasteiger partial charge >= 0.3 is 5.97 Å². The second kappa shape index (κ2) is 5.79. The van der Waals surface area contributed by atoms with Crippen molar-refractivity contribution in [3.05, 3.63) is 42.0 Å². The van der Waals surface area contributed by atoms with Crippen molar-refractivity contribution >= 4 is 17.7 Å². The van der Waals surface area contributed by atoms with E-state index >= 15 is 0 Å². The zero-order valence-electron chi connectivity index (χ0n) is 10.6. The topological polar surface area (TPSA) is 76.0 Å². The number of pyridine rings is 1. The molecule has 2 heterocycles. The van der Waals surface area contributed by atoms with Gasteiger partial charge in [-0.05, 0) is 29.8 Å². The van der Waals surface area contributed by atoms with Crippen LogP contribution in [0, 0.1) is 0 Å². The van der Waals surface area contributed by atoms with Crippen molar-refractivity contribution in [2.45, 2.75) is 29.8 Å². The highest BCUT2D eigenvalue weighted by molar-refractivity contribution is 7.99. The minimum atomic E-state index is -0.953. The number of aromatic carboxylic acids is 1. The van der Waals surface area contributed by atoms with Crippen molar-refractivity contribution in [1.29, 1.82) is 0 Å². The van der Waals surface area contributed by atoms with E-state index in [-0.39, 0.29) is 11.5 Å². The first kappa shape index (κ1) is 13.5. The minimum absolute atomic E-state index is 0.167. The normalized spacial score (nSPS) is 10.7. The summed E-state index contributed by atoms with van der Waals surface area (Å²) in [4.78, 5) is 23.7. The van der Waals surface area contributed by atoms with E-state index in [4.69, 9.17) is 5.11 Å². The number of hydrogen-bond acceptors (Lipinski definition) is 5. The molecule has 0 aliphatic heterocycles. The molecular formula is C13H13N3O2S. The standard InChI is InChI=1S/C13H13N3O2S/c1-8(2)10-5-9(13(17)18)6-11(16-10)19-12-7-14-3-4-15-12/h3-8H,1-2H3,(H,17,18). The van der Waals surface area contributed by atoms with Crippen LogP contribution >= 0.6 is 11.8 Å². The summed E-state index contributed by atoms with van der Waals surface area (Å²) in [5.41, 5.74) is 0.997. The lowest BCUT2D eigenvalue weighted by Gasteiger charge is -2.08. The molecule has 0 atom stereocenters. The molecule has 1 N–H and O–H groups in total. The molecular weight excluding hydrogens is 262 g/mol. The van der Waals surface area contributed by atoms with Crippen molar-refractivity contribution in [3.63, 3.8) is 0 Å². The van der Waals surface area contributed by atoms with E-state index in [1.807, 2.05) is 13.8 Å². The fourth-order valence-electron chi connectivity index (χ4n) is 1.44. The molecule has 0 saturated carbocycles. The molecule has 98 valence electrons. The summed E-state index contributed by atoms with van der Waals surface area (Å²) >= 11 is 1.30. The molecule has 0 fully saturated rings. The monoisotopic (exact) mass is 275 g/mol. The van der Waals surface area contributed by atoms with E-state index in [1.165, 1.54) is 11.8 Å². The Bertz CT molecular complexity index is 588. The van der Waals surface area contributed by atoms with Crippen molar-refractivity contribution in [2.75, 3.05) is 0 Å². The van der Waals surface area contributed by atoms with E-state index in [1.54, 1.807) is 30.7 Å². The van der Waals surface area contributed by atoms with Gasteiger partial charge in [0.2, 0.25) is 0 Å². The second-order valence-electron chi connectivity index (χ2n) is 4.22. The predicted octanol–water partition coefficient (Wildman–Crippen LogP) is 2.84. The van der Waals surface area contributed by atoms with Crippen LogP contribution in [0.3, 0.4) is 0 Å². The summed E-state index contributed by atoms with van der Waals surface area (Å²) < 4.78 is 0. The smallest absolute Gasteiger partial charge is 0.335 e. The van der Waals surface area contributed by atoms with Gasteiger partial charge in [-0.2, -0.15) is 0 Å². The molecule has 2 aromatic heterocycles. The number of carboxylic acids is 1. The fourth-order valence-corrected chi connectivity index (χ4v) is 2.22. The maximum atomic E-state index is 11.1. The Labute approximate surface area is 115 Å². The molecule has 0 bridgehead atoms. The lowest BCUT2D eigenvalue weighted by Crippen LogP contribution is -2.02. The Morgan fingerprint density at radius 1 is 1.26 bits per heavy atom. The molecule has 0 aliphatic carbocycles. The first-order valence-electron chi connectivity index (χ1n) is 5.75. The largest absolute Gasteiger partial charge is 0.478 e. The summed E-state index contributed by atoms with van der Waals surface area (Å²) in [6.07, 6.45) is 4.80. The van der Waals surface area contributed by atoms with Gasteiger partial charge in [0.05, 0.1) is 11.8 Å². The molecule has 0 saturated heterocycles. The quantitative estimate of drug-likeness (QED) is 0.924. The second-order valence-corrected chi connectivity index (χ2v) is 5.27. The number of carbonyl (C=O) groups is 1. The van der Waals surface area contributed by atoms with Crippen LogP contribution < -0.4 is 0 Å². The molecule has 0 aromatic carbocycles. The van der Waals surface area contributed by atoms with Gasteiger partial charge in [-0.3, -0.25) is 4.98 Å². The zero-order chi connectivity index (χ0) is 13.8. The van der Waals surface area contributed by atoms with Crippen LogP contribution in [0.1, 0.15) is 35.8 Å². The zero-order valence-corrected chi connectivity index (χ0v) is 11.4. The van der Waals surface area contributed by atoms with Gasteiger partial charge < -0.3 is 5.11 Å². The van der Waals surface area contributed by atoms with Crippen molar-refractivity contribution in [1.82, 2.24) is 15.0 Å². The third-order valence-corrected chi connectivity index (χ3v) is 3.25. The Hall–Kier alpha value is -1.95. The molecule has 19 heavy (non-hydrogen) atoms. The van der Waals surface area contributed by atoms with Gasteiger partial charge in [-0.15, -0.1) is 0 Å². The number of nitrogens with zero attached hydrogens (tertiary/aromatic N) is 3. The third-order valence-electron chi connectivity index (χ3n) is 2.41. The van der Waals surface area contributed by atoms with Crippen LogP contribution in [-0.2, 0) is 0 Å². The highest BCUT2D eigenvalue weighted by atomic mass is 32.2. The Morgan fingerprint density at radius 2 is 2.05 bits per heavy atom. The summed E-state index contributed by atoms with van der Waals surface area (Å²) in [7, 11) is 0. The highest BCUT2D eigenvalue weighted by Crippen LogP contribution is 2.26. The maximum absolute atomic E-state index is 11.1. The average Bonchev–Trinajstić information content (AvgIpc) is 2.39. The van der Waals surface area contributed by atoms with Crippen LogP contribution in [0.5, 0.6) is 0 Å². The van der Waals surface area contributed by atoms with Crippen LogP contribution in [0.2, 0.25) is 0 Å². The molecule has 6 heteroatoms. The van der Waals surface area contributed by atoms with Gasteiger partial charge in [0.15, 0.2) is 0 Å². The van der Waals surface area contributed by atoms with Gasteiger partial charge in [-0.25, -0.2) is 14.8 Å². The fraction of sp³-hybridized carbons (Fsp3) is 0.231. The average molecular weight is 275 g/mol. The summed E-state index contributed by atoms with van der Waals surface area (Å²) in [6.45, 7) is 3.95. The Kier molecular flexibility index (Phi) is 4.11. The lowest BCUT2D eigenvalue weighted by molar-refractivity contribution is 0.0696. The van der Waals surface area contributed by atoms with Crippen LogP contribution in [0.4, 0.5) is 0 Å². The third kappa shape index (κ3) is 3.51. The van der Waals surface area contributed by atoms with Gasteiger partial charge in [0, 0.05) is 18.1 Å². The molecule has 0 radical (unpaired) electrons. The van der Waals surface area contributed by atoms with Crippen LogP contribution in [0.15, 0.2) is 40.8 Å². The molecule has 2 rings (SSSR count). The van der Waals surface area contributed by atoms with Crippen molar-refractivity contribution < 1.29 is 9.90 Å². The van der Waals surface area contributed by atoms with E-state index in [0.717, 1.165) is 5.69 Å². The minimum Gasteiger partial charge on any atom is -0.478 e. The maximum Gasteiger partial charge on any atom is 0.335 e. The van der Waals surface area contributed by atoms with Crippen LogP contribution in [0.25, 0.3) is 0 Å². The van der Waals surface area contributed by atoms with Gasteiger partial charge in [0.1, 0.15) is 10.1 Å². The predicted molar refractivity (Wildman–Crippen MR) is 71.4 cm³/mol. The van der Waals surface area contributed by atoms with E-state index in [0.29, 0.717) is 10.1 Å². The number of aromatic nitrogens is 3. The molecule has 0 aliphatic rings. The van der Waals surface area contributed by atoms with E-state index < -0.39 is 5.97 Å². The molecule has 0 spiro atoms. The van der Waals surface area contributed by atoms with Crippen molar-refractivity contribution in [3.8, 4) is 0 Å². The highest BCUT2D eigenvalue weighted by Gasteiger charge is 2.12. The van der Waals surface area contributed by atoms with Gasteiger partial charge in [-0.1, -0.05) is 13.8 Å². The molecule has 2 aromatic rings. The Morgan fingerprint density at radius 3 is 2.63 bits per heavy atom. The SMILES string of the molecule is CC(C)c1cc(C(=O)O)cc(Sc2cnccn2)n1.